The Bertz CT molecular complexity index is 1490. The zero-order valence-electron chi connectivity index (χ0n) is 16.0. The van der Waals surface area contributed by atoms with E-state index in [1.165, 1.54) is 0 Å². The zero-order valence-corrected chi connectivity index (χ0v) is 20.8. The number of H-pyrrole nitrogens is 2. The Labute approximate surface area is 203 Å². The molecule has 0 saturated heterocycles. The van der Waals surface area contributed by atoms with Crippen LogP contribution in [0.3, 0.4) is 0 Å². The highest BCUT2D eigenvalue weighted by molar-refractivity contribution is 9.11. The van der Waals surface area contributed by atoms with Crippen LogP contribution in [0.2, 0.25) is 0 Å². The summed E-state index contributed by atoms with van der Waals surface area (Å²) < 4.78 is 3.14. The van der Waals surface area contributed by atoms with Gasteiger partial charge in [0.2, 0.25) is 0 Å². The van der Waals surface area contributed by atoms with Crippen LogP contribution in [0.1, 0.15) is 16.7 Å². The molecule has 31 heavy (non-hydrogen) atoms. The Hall–Kier alpha value is -2.41. The van der Waals surface area contributed by atoms with Gasteiger partial charge in [0, 0.05) is 81.7 Å². The molecule has 1 aliphatic heterocycles. The second-order valence-corrected chi connectivity index (χ2v) is 10.2. The number of nitrogens with one attached hydrogen (secondary N) is 2. The van der Waals surface area contributed by atoms with Crippen molar-refractivity contribution in [3.63, 3.8) is 0 Å². The molecule has 150 valence electrons. The molecule has 0 amide bonds. The van der Waals surface area contributed by atoms with E-state index in [-0.39, 0.29) is 0 Å². The Kier molecular flexibility index (Phi) is 4.56. The van der Waals surface area contributed by atoms with E-state index in [1.807, 2.05) is 12.3 Å². The number of aromatic nitrogens is 2. The molecule has 0 bridgehead atoms. The molecule has 0 saturated carbocycles. The fraction of sp³-hybridized carbons (Fsp3) is 0. The minimum atomic E-state index is 0.984. The molecule has 1 aliphatic rings. The van der Waals surface area contributed by atoms with E-state index >= 15 is 0 Å². The minimum absolute atomic E-state index is 0.984. The molecule has 6 heteroatoms. The van der Waals surface area contributed by atoms with Crippen LogP contribution in [0.5, 0.6) is 0 Å². The summed E-state index contributed by atoms with van der Waals surface area (Å²) in [5.41, 5.74) is 8.85. The van der Waals surface area contributed by atoms with Crippen LogP contribution in [0.15, 0.2) is 85.4 Å². The predicted molar refractivity (Wildman–Crippen MR) is 140 cm³/mol. The predicted octanol–water partition coefficient (Wildman–Crippen LogP) is 8.61. The number of fused-ring (bicyclic) bond motifs is 3. The van der Waals surface area contributed by atoms with Gasteiger partial charge in [-0.3, -0.25) is 4.99 Å². The summed E-state index contributed by atoms with van der Waals surface area (Å²) in [6.07, 6.45) is 6.18. The molecule has 0 radical (unpaired) electrons. The molecule has 0 spiro atoms. The average molecular weight is 596 g/mol. The third kappa shape index (κ3) is 3.16. The zero-order chi connectivity index (χ0) is 21.1. The molecule has 2 aromatic heterocycles. The number of hydrogen-bond acceptors (Lipinski definition) is 1. The summed E-state index contributed by atoms with van der Waals surface area (Å²) >= 11 is 10.9. The van der Waals surface area contributed by atoms with Crippen molar-refractivity contribution in [1.82, 2.24) is 9.97 Å². The van der Waals surface area contributed by atoms with Gasteiger partial charge in [-0.05, 0) is 54.6 Å². The molecule has 3 nitrogen and oxygen atoms in total. The molecular weight excluding hydrogens is 582 g/mol. The van der Waals surface area contributed by atoms with Crippen LogP contribution >= 0.6 is 47.8 Å². The van der Waals surface area contributed by atoms with Crippen molar-refractivity contribution in [3.05, 3.63) is 97.1 Å². The lowest BCUT2D eigenvalue weighted by atomic mass is 9.90. The van der Waals surface area contributed by atoms with Crippen LogP contribution in [0, 0.1) is 0 Å². The summed E-state index contributed by atoms with van der Waals surface area (Å²) in [6, 6.07) is 18.9. The SMILES string of the molecule is Brc1ccc2c(c1)C(=C(c1c[nH]c3ccc(Br)cc13)c1c[nH]c3ccc(Br)cc13)C=N2. The number of aromatic amines is 2. The van der Waals surface area contributed by atoms with Crippen LogP contribution in [0.4, 0.5) is 5.69 Å². The number of halogens is 3. The monoisotopic (exact) mass is 593 g/mol. The molecule has 5 aromatic rings. The largest absolute Gasteiger partial charge is 0.361 e. The van der Waals surface area contributed by atoms with E-state index in [0.717, 1.165) is 68.7 Å². The van der Waals surface area contributed by atoms with Gasteiger partial charge in [-0.1, -0.05) is 47.8 Å². The molecule has 0 aliphatic carbocycles. The van der Waals surface area contributed by atoms with Gasteiger partial charge in [-0.25, -0.2) is 0 Å². The summed E-state index contributed by atoms with van der Waals surface area (Å²) in [5.74, 6) is 0. The lowest BCUT2D eigenvalue weighted by molar-refractivity contribution is 1.45. The first-order valence-electron chi connectivity index (χ1n) is 9.71. The molecule has 6 rings (SSSR count). The third-order valence-electron chi connectivity index (χ3n) is 5.68. The van der Waals surface area contributed by atoms with Gasteiger partial charge >= 0.3 is 0 Å². The fourth-order valence-corrected chi connectivity index (χ4v) is 5.36. The first-order chi connectivity index (χ1) is 15.1. The van der Waals surface area contributed by atoms with Crippen molar-refractivity contribution in [2.45, 2.75) is 0 Å². The average Bonchev–Trinajstić information content (AvgIpc) is 3.46. The highest BCUT2D eigenvalue weighted by Crippen LogP contribution is 2.44. The first kappa shape index (κ1) is 19.3. The topological polar surface area (TPSA) is 43.9 Å². The number of allylic oxidation sites excluding steroid dienone is 1. The number of nitrogens with zero attached hydrogens (tertiary/aromatic N) is 1. The quantitative estimate of drug-likeness (QED) is 0.205. The standard InChI is InChI=1S/C25H14Br3N3/c26-13-1-4-22-16(7-13)19(10-29-22)25(20-11-30-23-5-2-14(27)8-17(20)23)21-12-31-24-6-3-15(28)9-18(21)24/h1-12,29-30H. The van der Waals surface area contributed by atoms with Gasteiger partial charge < -0.3 is 9.97 Å². The van der Waals surface area contributed by atoms with E-state index in [9.17, 15) is 0 Å². The van der Waals surface area contributed by atoms with Crippen molar-refractivity contribution in [1.29, 1.82) is 0 Å². The van der Waals surface area contributed by atoms with E-state index in [4.69, 9.17) is 4.99 Å². The van der Waals surface area contributed by atoms with Gasteiger partial charge in [0.1, 0.15) is 0 Å². The maximum atomic E-state index is 4.72. The van der Waals surface area contributed by atoms with Crippen molar-refractivity contribution in [2.24, 2.45) is 4.99 Å². The molecule has 2 N–H and O–H groups in total. The number of hydrogen-bond donors (Lipinski definition) is 2. The molecule has 3 heterocycles. The highest BCUT2D eigenvalue weighted by Gasteiger charge is 2.23. The van der Waals surface area contributed by atoms with E-state index in [0.29, 0.717) is 0 Å². The molecule has 0 fully saturated rings. The second kappa shape index (κ2) is 7.33. The van der Waals surface area contributed by atoms with E-state index < -0.39 is 0 Å². The van der Waals surface area contributed by atoms with Crippen LogP contribution in [-0.2, 0) is 0 Å². The van der Waals surface area contributed by atoms with Crippen LogP contribution in [-0.4, -0.2) is 16.2 Å². The van der Waals surface area contributed by atoms with Crippen molar-refractivity contribution >= 4 is 92.6 Å². The number of benzene rings is 3. The van der Waals surface area contributed by atoms with Gasteiger partial charge in [0.25, 0.3) is 0 Å². The number of rotatable bonds is 2. The van der Waals surface area contributed by atoms with Crippen LogP contribution in [0.25, 0.3) is 33.0 Å². The van der Waals surface area contributed by atoms with E-state index in [1.54, 1.807) is 0 Å². The Balaban J connectivity index is 1.74. The Morgan fingerprint density at radius 1 is 0.677 bits per heavy atom. The van der Waals surface area contributed by atoms with Gasteiger partial charge in [0.05, 0.1) is 5.69 Å². The van der Waals surface area contributed by atoms with Crippen molar-refractivity contribution in [3.8, 4) is 0 Å². The Morgan fingerprint density at radius 2 is 1.23 bits per heavy atom. The molecule has 0 unspecified atom stereocenters. The van der Waals surface area contributed by atoms with Crippen LogP contribution < -0.4 is 0 Å². The normalized spacial score (nSPS) is 12.8. The van der Waals surface area contributed by atoms with Gasteiger partial charge in [-0.2, -0.15) is 0 Å². The maximum absolute atomic E-state index is 4.72. The maximum Gasteiger partial charge on any atom is 0.0709 e. The summed E-state index contributed by atoms with van der Waals surface area (Å²) in [4.78, 5) is 11.6. The van der Waals surface area contributed by atoms with Crippen molar-refractivity contribution < 1.29 is 0 Å². The minimum Gasteiger partial charge on any atom is -0.361 e. The lowest BCUT2D eigenvalue weighted by Crippen LogP contribution is -1.93. The summed E-state index contributed by atoms with van der Waals surface area (Å²) in [5, 5.41) is 2.33. The highest BCUT2D eigenvalue weighted by atomic mass is 79.9. The molecular formula is C25H14Br3N3. The van der Waals surface area contributed by atoms with Gasteiger partial charge in [0.15, 0.2) is 0 Å². The smallest absolute Gasteiger partial charge is 0.0709 e. The van der Waals surface area contributed by atoms with Gasteiger partial charge in [-0.15, -0.1) is 0 Å². The first-order valence-corrected chi connectivity index (χ1v) is 12.1. The summed E-state index contributed by atoms with van der Waals surface area (Å²) in [7, 11) is 0. The Morgan fingerprint density at radius 3 is 1.84 bits per heavy atom. The number of aliphatic imine (C=N–C) groups is 1. The second-order valence-electron chi connectivity index (χ2n) is 7.49. The third-order valence-corrected chi connectivity index (χ3v) is 7.16. The molecule has 0 atom stereocenters. The molecule has 3 aromatic carbocycles. The van der Waals surface area contributed by atoms with Crippen molar-refractivity contribution in [2.75, 3.05) is 0 Å². The fourth-order valence-electron chi connectivity index (χ4n) is 4.27. The lowest BCUT2D eigenvalue weighted by Gasteiger charge is -2.12. The van der Waals surface area contributed by atoms with E-state index in [2.05, 4.69) is 119 Å². The summed E-state index contributed by atoms with van der Waals surface area (Å²) in [6.45, 7) is 0.